The lowest BCUT2D eigenvalue weighted by Gasteiger charge is -2.23. The predicted octanol–water partition coefficient (Wildman–Crippen LogP) is 4.87. The highest BCUT2D eigenvalue weighted by molar-refractivity contribution is 7.92. The number of amides is 1. The fourth-order valence-corrected chi connectivity index (χ4v) is 4.85. The highest BCUT2D eigenvalue weighted by atomic mass is 35.5. The van der Waals surface area contributed by atoms with Crippen LogP contribution < -0.4 is 9.73 Å². The highest BCUT2D eigenvalue weighted by Crippen LogP contribution is 2.28. The predicted molar refractivity (Wildman–Crippen MR) is 136 cm³/mol. The standard InChI is InChI=1S/C25H22ClN3O3S/c1-17-23(26)12-7-13-24(17)29(33(2,31)32)16-25(30)28-27-15-22-20-10-5-3-8-18(20)14-19-9-4-6-11-21(19)22/h3-15H,16H2,1-2H3,(H,28,30). The van der Waals surface area contributed by atoms with Gasteiger partial charge in [0.15, 0.2) is 0 Å². The molecule has 0 unspecified atom stereocenters. The highest BCUT2D eigenvalue weighted by Gasteiger charge is 2.23. The van der Waals surface area contributed by atoms with Gasteiger partial charge in [-0.05, 0) is 52.2 Å². The topological polar surface area (TPSA) is 78.8 Å². The average molecular weight is 480 g/mol. The summed E-state index contributed by atoms with van der Waals surface area (Å²) in [5.41, 5.74) is 4.25. The summed E-state index contributed by atoms with van der Waals surface area (Å²) in [5.74, 6) is -0.569. The van der Waals surface area contributed by atoms with E-state index in [1.165, 1.54) is 0 Å². The van der Waals surface area contributed by atoms with Crippen LogP contribution in [-0.2, 0) is 14.8 Å². The fourth-order valence-electron chi connectivity index (χ4n) is 3.77. The quantitative estimate of drug-likeness (QED) is 0.243. The van der Waals surface area contributed by atoms with E-state index in [1.54, 1.807) is 31.3 Å². The lowest BCUT2D eigenvalue weighted by atomic mass is 9.97. The molecule has 0 radical (unpaired) electrons. The third-order valence-corrected chi connectivity index (χ3v) is 6.93. The number of sulfonamides is 1. The summed E-state index contributed by atoms with van der Waals surface area (Å²) in [6.45, 7) is 1.28. The van der Waals surface area contributed by atoms with Crippen molar-refractivity contribution in [2.24, 2.45) is 5.10 Å². The number of carbonyl (C=O) groups is 1. The Bertz CT molecular complexity index is 1450. The number of nitrogens with one attached hydrogen (secondary N) is 1. The zero-order valence-corrected chi connectivity index (χ0v) is 19.7. The third kappa shape index (κ3) is 4.84. The molecule has 0 aliphatic heterocycles. The number of halogens is 1. The summed E-state index contributed by atoms with van der Waals surface area (Å²) in [7, 11) is -3.73. The molecule has 0 saturated heterocycles. The van der Waals surface area contributed by atoms with E-state index >= 15 is 0 Å². The molecule has 4 aromatic rings. The Morgan fingerprint density at radius 2 is 1.61 bits per heavy atom. The van der Waals surface area contributed by atoms with Crippen molar-refractivity contribution >= 4 is 61.0 Å². The minimum atomic E-state index is -3.73. The third-order valence-electron chi connectivity index (χ3n) is 5.39. The summed E-state index contributed by atoms with van der Waals surface area (Å²) in [4.78, 5) is 12.6. The molecule has 0 heterocycles. The van der Waals surface area contributed by atoms with Crippen LogP contribution in [0.2, 0.25) is 5.02 Å². The fraction of sp³-hybridized carbons (Fsp3) is 0.120. The molecule has 8 heteroatoms. The van der Waals surface area contributed by atoms with E-state index in [-0.39, 0.29) is 0 Å². The van der Waals surface area contributed by atoms with Crippen LogP contribution >= 0.6 is 11.6 Å². The molecule has 33 heavy (non-hydrogen) atoms. The van der Waals surface area contributed by atoms with Crippen LogP contribution in [0.4, 0.5) is 5.69 Å². The first-order valence-corrected chi connectivity index (χ1v) is 12.4. The Labute approximate surface area is 197 Å². The van der Waals surface area contributed by atoms with E-state index in [2.05, 4.69) is 16.6 Å². The summed E-state index contributed by atoms with van der Waals surface area (Å²) in [5, 5.41) is 8.68. The van der Waals surface area contributed by atoms with Crippen molar-refractivity contribution in [3.05, 3.63) is 88.9 Å². The normalized spacial score (nSPS) is 11.8. The van der Waals surface area contributed by atoms with Crippen LogP contribution in [0.15, 0.2) is 77.9 Å². The first-order valence-electron chi connectivity index (χ1n) is 10.2. The molecule has 1 amide bonds. The van der Waals surface area contributed by atoms with Gasteiger partial charge in [-0.15, -0.1) is 0 Å². The number of anilines is 1. The number of hydrogen-bond donors (Lipinski definition) is 1. The number of fused-ring (bicyclic) bond motifs is 2. The second-order valence-corrected chi connectivity index (χ2v) is 9.99. The molecule has 0 spiro atoms. The maximum Gasteiger partial charge on any atom is 0.260 e. The lowest BCUT2D eigenvalue weighted by molar-refractivity contribution is -0.119. The van der Waals surface area contributed by atoms with E-state index in [0.717, 1.165) is 37.7 Å². The summed E-state index contributed by atoms with van der Waals surface area (Å²) in [6, 6.07) is 22.9. The molecular weight excluding hydrogens is 458 g/mol. The molecule has 1 N–H and O–H groups in total. The largest absolute Gasteiger partial charge is 0.271 e. The number of rotatable bonds is 6. The Hall–Kier alpha value is -3.42. The number of benzene rings is 4. The zero-order valence-electron chi connectivity index (χ0n) is 18.1. The van der Waals surface area contributed by atoms with E-state index in [1.807, 2.05) is 48.5 Å². The molecule has 6 nitrogen and oxygen atoms in total. The molecule has 0 bridgehead atoms. The number of hydrazone groups is 1. The Kier molecular flexibility index (Phi) is 6.35. The monoisotopic (exact) mass is 479 g/mol. The maximum absolute atomic E-state index is 12.6. The summed E-state index contributed by atoms with van der Waals surface area (Å²) < 4.78 is 25.8. The van der Waals surface area contributed by atoms with Crippen LogP contribution in [-0.4, -0.2) is 33.3 Å². The molecule has 0 fully saturated rings. The molecule has 0 aromatic heterocycles. The van der Waals surface area contributed by atoms with Gasteiger partial charge >= 0.3 is 0 Å². The first-order chi connectivity index (χ1) is 15.8. The van der Waals surface area contributed by atoms with Crippen molar-refractivity contribution in [2.75, 3.05) is 17.1 Å². The van der Waals surface area contributed by atoms with Gasteiger partial charge in [0.2, 0.25) is 10.0 Å². The van der Waals surface area contributed by atoms with Crippen LogP contribution in [0.1, 0.15) is 11.1 Å². The van der Waals surface area contributed by atoms with Crippen molar-refractivity contribution < 1.29 is 13.2 Å². The average Bonchev–Trinajstić information content (AvgIpc) is 2.78. The molecule has 0 saturated carbocycles. The van der Waals surface area contributed by atoms with Crippen molar-refractivity contribution in [1.29, 1.82) is 0 Å². The van der Waals surface area contributed by atoms with E-state index in [9.17, 15) is 13.2 Å². The van der Waals surface area contributed by atoms with Crippen LogP contribution in [0.3, 0.4) is 0 Å². The molecule has 0 aliphatic carbocycles. The lowest BCUT2D eigenvalue weighted by Crippen LogP contribution is -2.39. The van der Waals surface area contributed by atoms with E-state index < -0.39 is 22.5 Å². The molecule has 0 atom stereocenters. The van der Waals surface area contributed by atoms with Crippen molar-refractivity contribution in [1.82, 2.24) is 5.43 Å². The van der Waals surface area contributed by atoms with Crippen LogP contribution in [0.25, 0.3) is 21.5 Å². The molecule has 0 aliphatic rings. The second-order valence-electron chi connectivity index (χ2n) is 7.68. The van der Waals surface area contributed by atoms with Crippen LogP contribution in [0.5, 0.6) is 0 Å². The minimum Gasteiger partial charge on any atom is -0.271 e. The van der Waals surface area contributed by atoms with Gasteiger partial charge in [-0.1, -0.05) is 66.2 Å². The minimum absolute atomic E-state index is 0.351. The van der Waals surface area contributed by atoms with Gasteiger partial charge < -0.3 is 0 Å². The molecule has 4 rings (SSSR count). The van der Waals surface area contributed by atoms with Crippen molar-refractivity contribution in [3.63, 3.8) is 0 Å². The van der Waals surface area contributed by atoms with Gasteiger partial charge in [0.05, 0.1) is 18.2 Å². The van der Waals surface area contributed by atoms with E-state index in [0.29, 0.717) is 16.3 Å². The van der Waals surface area contributed by atoms with Gasteiger partial charge in [0.1, 0.15) is 6.54 Å². The van der Waals surface area contributed by atoms with Gasteiger partial charge in [-0.2, -0.15) is 5.10 Å². The summed E-state index contributed by atoms with van der Waals surface area (Å²) in [6.07, 6.45) is 2.64. The Balaban J connectivity index is 1.61. The second kappa shape index (κ2) is 9.21. The number of carbonyl (C=O) groups excluding carboxylic acids is 1. The number of nitrogens with zero attached hydrogens (tertiary/aromatic N) is 2. The molecule has 4 aromatic carbocycles. The van der Waals surface area contributed by atoms with Gasteiger partial charge in [-0.3, -0.25) is 9.10 Å². The van der Waals surface area contributed by atoms with Gasteiger partial charge in [0, 0.05) is 10.6 Å². The Morgan fingerprint density at radius 3 is 2.21 bits per heavy atom. The zero-order chi connectivity index (χ0) is 23.6. The van der Waals surface area contributed by atoms with Crippen molar-refractivity contribution in [2.45, 2.75) is 6.92 Å². The summed E-state index contributed by atoms with van der Waals surface area (Å²) >= 11 is 6.15. The smallest absolute Gasteiger partial charge is 0.260 e. The van der Waals surface area contributed by atoms with Gasteiger partial charge in [-0.25, -0.2) is 13.8 Å². The maximum atomic E-state index is 12.6. The van der Waals surface area contributed by atoms with Gasteiger partial charge in [0.25, 0.3) is 5.91 Å². The van der Waals surface area contributed by atoms with E-state index in [4.69, 9.17) is 11.6 Å². The van der Waals surface area contributed by atoms with Crippen LogP contribution in [0, 0.1) is 6.92 Å². The number of hydrogen-bond acceptors (Lipinski definition) is 4. The Morgan fingerprint density at radius 1 is 1.00 bits per heavy atom. The van der Waals surface area contributed by atoms with Crippen molar-refractivity contribution in [3.8, 4) is 0 Å². The molecule has 168 valence electrons. The molecular formula is C25H22ClN3O3S. The SMILES string of the molecule is Cc1c(Cl)cccc1N(CC(=O)NN=Cc1c2ccccc2cc2ccccc12)S(C)(=O)=O. The first kappa shape index (κ1) is 22.8.